The maximum atomic E-state index is 13.2. The van der Waals surface area contributed by atoms with E-state index < -0.39 is 0 Å². The Labute approximate surface area is 208 Å². The van der Waals surface area contributed by atoms with E-state index in [9.17, 15) is 4.79 Å². The van der Waals surface area contributed by atoms with E-state index >= 15 is 0 Å². The van der Waals surface area contributed by atoms with Gasteiger partial charge in [0.15, 0.2) is 11.5 Å². The first-order chi connectivity index (χ1) is 17.7. The van der Waals surface area contributed by atoms with Gasteiger partial charge in [-0.25, -0.2) is 14.3 Å². The molecule has 1 saturated heterocycles. The summed E-state index contributed by atoms with van der Waals surface area (Å²) < 4.78 is 14.9. The number of allylic oxidation sites excluding steroid dienone is 1. The van der Waals surface area contributed by atoms with Crippen molar-refractivity contribution in [1.29, 1.82) is 0 Å². The van der Waals surface area contributed by atoms with Gasteiger partial charge < -0.3 is 20.1 Å². The third-order valence-electron chi connectivity index (χ3n) is 5.90. The maximum Gasteiger partial charge on any atom is 0.278 e. The minimum atomic E-state index is -0.219. The molecule has 1 aliphatic rings. The fourth-order valence-corrected chi connectivity index (χ4v) is 4.21. The number of hydrogen-bond donors (Lipinski definition) is 2. The van der Waals surface area contributed by atoms with Crippen LogP contribution in [0.25, 0.3) is 16.9 Å². The Bertz CT molecular complexity index is 1410. The number of ether oxygens (including phenoxy) is 2. The molecule has 4 aromatic rings. The Balaban J connectivity index is 1.52. The summed E-state index contributed by atoms with van der Waals surface area (Å²) >= 11 is 0. The zero-order valence-corrected chi connectivity index (χ0v) is 20.2. The van der Waals surface area contributed by atoms with Crippen LogP contribution in [0, 0.1) is 0 Å². The minimum absolute atomic E-state index is 0.109. The van der Waals surface area contributed by atoms with Gasteiger partial charge in [0, 0.05) is 18.0 Å². The summed E-state index contributed by atoms with van der Waals surface area (Å²) in [5.74, 6) is 2.19. The third-order valence-corrected chi connectivity index (χ3v) is 5.90. The van der Waals surface area contributed by atoms with Crippen LogP contribution < -0.4 is 25.7 Å². The molecule has 2 N–H and O–H groups in total. The number of aromatic nitrogens is 5. The highest BCUT2D eigenvalue weighted by atomic mass is 16.5. The second-order valence-corrected chi connectivity index (χ2v) is 8.40. The Morgan fingerprint density at radius 1 is 1.17 bits per heavy atom. The van der Waals surface area contributed by atoms with Crippen molar-refractivity contribution < 1.29 is 9.47 Å². The van der Waals surface area contributed by atoms with E-state index in [-0.39, 0.29) is 18.2 Å². The van der Waals surface area contributed by atoms with Crippen molar-refractivity contribution in [3.8, 4) is 17.4 Å². The number of benzene rings is 1. The highest BCUT2D eigenvalue weighted by molar-refractivity contribution is 5.77. The lowest BCUT2D eigenvalue weighted by atomic mass is 10.1. The molecule has 10 nitrogen and oxygen atoms in total. The molecular formula is C26H29N7O3. The Hall–Kier alpha value is -4.18. The topological polar surface area (TPSA) is 108 Å². The number of anilines is 2. The zero-order chi connectivity index (χ0) is 24.9. The molecule has 5 rings (SSSR count). The molecule has 1 fully saturated rings. The van der Waals surface area contributed by atoms with Gasteiger partial charge in [-0.3, -0.25) is 4.79 Å². The van der Waals surface area contributed by atoms with E-state index in [4.69, 9.17) is 14.5 Å². The maximum absolute atomic E-state index is 13.2. The molecular weight excluding hydrogens is 458 g/mol. The molecule has 0 amide bonds. The standard InChI is InChI=1S/C26H29N7O3/c1-3-16-32-25(34)21-17-28-26(29-18-8-10-19(11-9-18)35-4-2)31-24(21)33(32)22-6-5-7-23(30-22)36-20-12-14-27-15-13-20/h3,5-11,17,20,27H,1,4,12-16H2,2H3,(H,28,29,31). The van der Waals surface area contributed by atoms with Gasteiger partial charge in [0.2, 0.25) is 11.8 Å². The Morgan fingerprint density at radius 2 is 1.97 bits per heavy atom. The van der Waals surface area contributed by atoms with Crippen molar-refractivity contribution in [2.45, 2.75) is 32.4 Å². The predicted molar refractivity (Wildman–Crippen MR) is 139 cm³/mol. The highest BCUT2D eigenvalue weighted by Gasteiger charge is 2.19. The molecule has 0 bridgehead atoms. The molecule has 4 heterocycles. The van der Waals surface area contributed by atoms with Crippen molar-refractivity contribution >= 4 is 22.7 Å². The van der Waals surface area contributed by atoms with Gasteiger partial charge in [-0.1, -0.05) is 12.1 Å². The molecule has 1 aliphatic heterocycles. The average molecular weight is 488 g/mol. The molecule has 10 heteroatoms. The quantitative estimate of drug-likeness (QED) is 0.346. The molecule has 186 valence electrons. The van der Waals surface area contributed by atoms with Gasteiger partial charge in [0.1, 0.15) is 17.2 Å². The van der Waals surface area contributed by atoms with Crippen molar-refractivity contribution in [3.05, 3.63) is 71.7 Å². The van der Waals surface area contributed by atoms with E-state index in [2.05, 4.69) is 27.2 Å². The largest absolute Gasteiger partial charge is 0.494 e. The zero-order valence-electron chi connectivity index (χ0n) is 20.2. The van der Waals surface area contributed by atoms with Crippen molar-refractivity contribution in [3.63, 3.8) is 0 Å². The van der Waals surface area contributed by atoms with Crippen LogP contribution in [0.4, 0.5) is 11.6 Å². The summed E-state index contributed by atoms with van der Waals surface area (Å²) in [7, 11) is 0. The lowest BCUT2D eigenvalue weighted by Crippen LogP contribution is -2.34. The molecule has 3 aromatic heterocycles. The first kappa shape index (κ1) is 23.6. The van der Waals surface area contributed by atoms with Crippen LogP contribution in [0.2, 0.25) is 0 Å². The van der Waals surface area contributed by atoms with Gasteiger partial charge in [-0.05, 0) is 63.2 Å². The number of hydrogen-bond acceptors (Lipinski definition) is 8. The van der Waals surface area contributed by atoms with E-state index in [1.165, 1.54) is 6.20 Å². The molecule has 0 radical (unpaired) electrons. The lowest BCUT2D eigenvalue weighted by molar-refractivity contribution is 0.156. The number of nitrogens with one attached hydrogen (secondary N) is 2. The van der Waals surface area contributed by atoms with Crippen molar-refractivity contribution in [2.24, 2.45) is 0 Å². The number of nitrogens with zero attached hydrogens (tertiary/aromatic N) is 5. The highest BCUT2D eigenvalue weighted by Crippen LogP contribution is 2.22. The normalized spacial score (nSPS) is 14.0. The van der Waals surface area contributed by atoms with Crippen LogP contribution >= 0.6 is 0 Å². The molecule has 1 aromatic carbocycles. The minimum Gasteiger partial charge on any atom is -0.494 e. The van der Waals surface area contributed by atoms with Crippen molar-refractivity contribution in [1.82, 2.24) is 29.6 Å². The Morgan fingerprint density at radius 3 is 2.72 bits per heavy atom. The summed E-state index contributed by atoms with van der Waals surface area (Å²) in [4.78, 5) is 27.0. The Kier molecular flexibility index (Phi) is 6.94. The molecule has 36 heavy (non-hydrogen) atoms. The van der Waals surface area contributed by atoms with Crippen molar-refractivity contribution in [2.75, 3.05) is 25.0 Å². The second-order valence-electron chi connectivity index (χ2n) is 8.40. The SMILES string of the molecule is C=CCn1c(=O)c2cnc(Nc3ccc(OCC)cc3)nc2n1-c1cccc(OC2CCNCC2)n1. The summed E-state index contributed by atoms with van der Waals surface area (Å²) in [6.07, 6.45) is 5.16. The van der Waals surface area contributed by atoms with Gasteiger partial charge in [0.25, 0.3) is 5.56 Å². The summed E-state index contributed by atoms with van der Waals surface area (Å²) in [5.41, 5.74) is 1.02. The molecule has 0 spiro atoms. The fraction of sp³-hybridized carbons (Fsp3) is 0.308. The van der Waals surface area contributed by atoms with Gasteiger partial charge in [-0.15, -0.1) is 6.58 Å². The summed E-state index contributed by atoms with van der Waals surface area (Å²) in [5, 5.41) is 6.92. The number of pyridine rings is 1. The van der Waals surface area contributed by atoms with Crippen LogP contribution in [-0.2, 0) is 6.54 Å². The van der Waals surface area contributed by atoms with Crippen LogP contribution in [0.1, 0.15) is 19.8 Å². The third kappa shape index (κ3) is 4.94. The summed E-state index contributed by atoms with van der Waals surface area (Å²) in [6, 6.07) is 13.1. The fourth-order valence-electron chi connectivity index (χ4n) is 4.21. The van der Waals surface area contributed by atoms with Gasteiger partial charge >= 0.3 is 0 Å². The van der Waals surface area contributed by atoms with E-state index in [1.807, 2.05) is 49.4 Å². The smallest absolute Gasteiger partial charge is 0.278 e. The first-order valence-corrected chi connectivity index (χ1v) is 12.1. The number of rotatable bonds is 9. The van der Waals surface area contributed by atoms with E-state index in [1.54, 1.807) is 15.4 Å². The first-order valence-electron chi connectivity index (χ1n) is 12.1. The second kappa shape index (κ2) is 10.6. The van der Waals surface area contributed by atoms with Gasteiger partial charge in [0.05, 0.1) is 13.2 Å². The molecule has 0 saturated carbocycles. The van der Waals surface area contributed by atoms with Gasteiger partial charge in [-0.2, -0.15) is 9.97 Å². The average Bonchev–Trinajstić information content (AvgIpc) is 3.17. The van der Waals surface area contributed by atoms with Crippen LogP contribution in [0.15, 0.2) is 66.1 Å². The molecule has 0 atom stereocenters. The number of fused-ring (bicyclic) bond motifs is 1. The van der Waals surface area contributed by atoms with Crippen LogP contribution in [0.3, 0.4) is 0 Å². The summed E-state index contributed by atoms with van der Waals surface area (Å²) in [6.45, 7) is 8.49. The predicted octanol–water partition coefficient (Wildman–Crippen LogP) is 3.44. The van der Waals surface area contributed by atoms with Crippen LogP contribution in [0.5, 0.6) is 11.6 Å². The van der Waals surface area contributed by atoms with E-state index in [0.717, 1.165) is 37.4 Å². The molecule has 0 unspecified atom stereocenters. The monoisotopic (exact) mass is 487 g/mol. The lowest BCUT2D eigenvalue weighted by Gasteiger charge is -2.23. The van der Waals surface area contributed by atoms with Crippen LogP contribution in [-0.4, -0.2) is 50.1 Å². The number of piperidine rings is 1. The molecule has 0 aliphatic carbocycles. The van der Waals surface area contributed by atoms with E-state index in [0.29, 0.717) is 35.3 Å².